The lowest BCUT2D eigenvalue weighted by Gasteiger charge is -2.16. The zero-order valence-electron chi connectivity index (χ0n) is 17.6. The van der Waals surface area contributed by atoms with Gasteiger partial charge in [-0.15, -0.1) is 11.8 Å². The summed E-state index contributed by atoms with van der Waals surface area (Å²) in [5.41, 5.74) is 2.78. The highest BCUT2D eigenvalue weighted by Crippen LogP contribution is 2.39. The molecule has 1 amide bonds. The van der Waals surface area contributed by atoms with E-state index in [1.165, 1.54) is 21.7 Å². The Morgan fingerprint density at radius 1 is 1.18 bits per heavy atom. The van der Waals surface area contributed by atoms with Crippen molar-refractivity contribution in [2.45, 2.75) is 30.4 Å². The van der Waals surface area contributed by atoms with Crippen LogP contribution in [0.15, 0.2) is 46.6 Å². The number of aromatic nitrogens is 1. The highest BCUT2D eigenvalue weighted by atomic mass is 32.2. The van der Waals surface area contributed by atoms with Gasteiger partial charge < -0.3 is 19.9 Å². The monoisotopic (exact) mass is 484 g/mol. The van der Waals surface area contributed by atoms with Gasteiger partial charge in [-0.05, 0) is 48.7 Å². The second-order valence-corrected chi connectivity index (χ2v) is 10.2. The summed E-state index contributed by atoms with van der Waals surface area (Å²) in [6.07, 6.45) is 0.400. The van der Waals surface area contributed by atoms with E-state index in [1.807, 2.05) is 6.92 Å². The molecule has 10 heteroatoms. The number of hydrogen-bond donors (Lipinski definition) is 2. The normalized spacial score (nSPS) is 19.1. The molecular formula is C23H20N2O6S2. The van der Waals surface area contributed by atoms with Gasteiger partial charge in [0.05, 0.1) is 22.4 Å². The van der Waals surface area contributed by atoms with Gasteiger partial charge in [-0.25, -0.2) is 0 Å². The van der Waals surface area contributed by atoms with Crippen LogP contribution >= 0.6 is 23.1 Å². The number of thiazole rings is 1. The summed E-state index contributed by atoms with van der Waals surface area (Å²) in [7, 11) is 0. The summed E-state index contributed by atoms with van der Waals surface area (Å²) in [6, 6.07) is 10.6. The minimum atomic E-state index is -0.452. The average molecular weight is 485 g/mol. The Morgan fingerprint density at radius 2 is 1.91 bits per heavy atom. The van der Waals surface area contributed by atoms with Crippen LogP contribution in [0, 0.1) is 0 Å². The van der Waals surface area contributed by atoms with E-state index in [4.69, 9.17) is 9.47 Å². The lowest BCUT2D eigenvalue weighted by molar-refractivity contribution is -0.115. The van der Waals surface area contributed by atoms with Gasteiger partial charge in [0.1, 0.15) is 0 Å². The third-order valence-electron chi connectivity index (χ3n) is 5.62. The van der Waals surface area contributed by atoms with Crippen molar-refractivity contribution in [2.24, 2.45) is 0 Å². The van der Waals surface area contributed by atoms with E-state index >= 15 is 0 Å². The number of ether oxygens (including phenoxy) is 2. The molecule has 2 atom stereocenters. The van der Waals surface area contributed by atoms with Crippen molar-refractivity contribution in [2.75, 3.05) is 12.1 Å². The molecule has 33 heavy (non-hydrogen) atoms. The zero-order valence-corrected chi connectivity index (χ0v) is 19.2. The molecule has 0 saturated carbocycles. The zero-order chi connectivity index (χ0) is 23.1. The molecule has 5 rings (SSSR count). The van der Waals surface area contributed by atoms with Gasteiger partial charge in [0.25, 0.3) is 0 Å². The average Bonchev–Trinajstić information content (AvgIpc) is 3.36. The molecule has 8 nitrogen and oxygen atoms in total. The summed E-state index contributed by atoms with van der Waals surface area (Å²) in [5.74, 6) is 0.857. The Labute approximate surface area is 197 Å². The van der Waals surface area contributed by atoms with Crippen molar-refractivity contribution >= 4 is 40.5 Å². The summed E-state index contributed by atoms with van der Waals surface area (Å²) < 4.78 is 12.1. The molecule has 0 unspecified atom stereocenters. The smallest absolute Gasteiger partial charge is 0.310 e. The largest absolute Gasteiger partial charge is 0.494 e. The third-order valence-corrected chi connectivity index (χ3v) is 7.71. The Kier molecular flexibility index (Phi) is 5.63. The first-order chi connectivity index (χ1) is 15.9. The van der Waals surface area contributed by atoms with Gasteiger partial charge >= 0.3 is 4.87 Å². The molecule has 0 fully saturated rings. The molecule has 2 aliphatic rings. The van der Waals surface area contributed by atoms with Crippen molar-refractivity contribution in [3.63, 3.8) is 0 Å². The van der Waals surface area contributed by atoms with E-state index < -0.39 is 5.25 Å². The number of carbonyl (C=O) groups excluding carboxylic acids is 2. The third kappa shape index (κ3) is 4.23. The lowest BCUT2D eigenvalue weighted by atomic mass is 9.97. The number of anilines is 1. The molecule has 2 N–H and O–H groups in total. The molecule has 2 aliphatic heterocycles. The number of nitrogens with one attached hydrogen (secondary N) is 1. The molecule has 3 heterocycles. The maximum atomic E-state index is 13.1. The van der Waals surface area contributed by atoms with Crippen LogP contribution in [-0.4, -0.2) is 38.7 Å². The molecule has 2 aromatic carbocycles. The number of benzene rings is 2. The highest BCUT2D eigenvalue weighted by molar-refractivity contribution is 8.02. The van der Waals surface area contributed by atoms with Crippen molar-refractivity contribution in [3.05, 3.63) is 68.1 Å². The minimum Gasteiger partial charge on any atom is -0.494 e. The van der Waals surface area contributed by atoms with Crippen molar-refractivity contribution in [3.8, 4) is 17.4 Å². The number of hydrogen-bond acceptors (Lipinski definition) is 8. The molecule has 0 aliphatic carbocycles. The SMILES string of the molecule is C[C@@H]1S[C@@H](C(=O)Nc2ccc(Cn3c(O)csc3=O)cc2)Cc2cc3c(cc2C1=O)OCO3. The first-order valence-electron chi connectivity index (χ1n) is 10.3. The van der Waals surface area contributed by atoms with E-state index in [2.05, 4.69) is 5.32 Å². The lowest BCUT2D eigenvalue weighted by Crippen LogP contribution is -2.28. The predicted octanol–water partition coefficient (Wildman–Crippen LogP) is 3.26. The van der Waals surface area contributed by atoms with E-state index in [-0.39, 0.29) is 41.0 Å². The molecule has 1 aromatic heterocycles. The fraction of sp³-hybridized carbons (Fsp3) is 0.261. The molecule has 170 valence electrons. The van der Waals surface area contributed by atoms with Gasteiger partial charge in [0.15, 0.2) is 17.3 Å². The Morgan fingerprint density at radius 3 is 2.61 bits per heavy atom. The summed E-state index contributed by atoms with van der Waals surface area (Å²) in [4.78, 5) is 37.5. The van der Waals surface area contributed by atoms with Gasteiger partial charge in [-0.2, -0.15) is 0 Å². The number of nitrogens with zero attached hydrogens (tertiary/aromatic N) is 1. The first kappa shape index (κ1) is 21.6. The second kappa shape index (κ2) is 8.60. The van der Waals surface area contributed by atoms with Gasteiger partial charge in [0.2, 0.25) is 18.6 Å². The molecule has 0 radical (unpaired) electrons. The number of rotatable bonds is 4. The molecule has 0 spiro atoms. The maximum Gasteiger partial charge on any atom is 0.310 e. The van der Waals surface area contributed by atoms with Crippen LogP contribution in [0.3, 0.4) is 0 Å². The summed E-state index contributed by atoms with van der Waals surface area (Å²) in [5, 5.41) is 13.3. The number of Topliss-reactive ketones (excluding diaryl/α,β-unsaturated/α-hetero) is 1. The van der Waals surface area contributed by atoms with Gasteiger partial charge in [-0.3, -0.25) is 19.0 Å². The predicted molar refractivity (Wildman–Crippen MR) is 126 cm³/mol. The number of thioether (sulfide) groups is 1. The summed E-state index contributed by atoms with van der Waals surface area (Å²) in [6.45, 7) is 2.17. The van der Waals surface area contributed by atoms with E-state index in [0.29, 0.717) is 29.2 Å². The topological polar surface area (TPSA) is 107 Å². The quantitative estimate of drug-likeness (QED) is 0.585. The molecule has 0 saturated heterocycles. The Bertz CT molecular complexity index is 1300. The number of ketones is 1. The number of aromatic hydroxyl groups is 1. The van der Waals surface area contributed by atoms with Crippen molar-refractivity contribution in [1.29, 1.82) is 0 Å². The van der Waals surface area contributed by atoms with Crippen LogP contribution in [0.5, 0.6) is 17.4 Å². The Balaban J connectivity index is 1.31. The molecule has 0 bridgehead atoms. The van der Waals surface area contributed by atoms with Crippen LogP contribution in [0.4, 0.5) is 5.69 Å². The Hall–Kier alpha value is -3.24. The van der Waals surface area contributed by atoms with Crippen LogP contribution < -0.4 is 19.7 Å². The van der Waals surface area contributed by atoms with Crippen molar-refractivity contribution < 1.29 is 24.2 Å². The first-order valence-corrected chi connectivity index (χ1v) is 12.1. The van der Waals surface area contributed by atoms with Gasteiger partial charge in [0, 0.05) is 11.3 Å². The number of fused-ring (bicyclic) bond motifs is 2. The van der Waals surface area contributed by atoms with Crippen LogP contribution in [0.25, 0.3) is 0 Å². The van der Waals surface area contributed by atoms with E-state index in [1.54, 1.807) is 36.4 Å². The fourth-order valence-electron chi connectivity index (χ4n) is 3.88. The summed E-state index contributed by atoms with van der Waals surface area (Å²) >= 11 is 2.28. The number of carbonyl (C=O) groups is 2. The standard InChI is InChI=1S/C23H20N2O6S2/c1-12-21(27)16-8-18-17(30-11-31-18)6-14(16)7-19(33-12)22(28)24-15-4-2-13(3-5-15)9-25-20(26)10-32-23(25)29/h2-6,8,10,12,19,26H,7,9,11H2,1H3,(H,24,28)/t12-,19+/m0/s1. The number of amides is 1. The minimum absolute atomic E-state index is 0.0279. The van der Waals surface area contributed by atoms with Crippen LogP contribution in [0.1, 0.15) is 28.4 Å². The fourth-order valence-corrected chi connectivity index (χ4v) is 5.70. The van der Waals surface area contributed by atoms with E-state index in [0.717, 1.165) is 22.5 Å². The van der Waals surface area contributed by atoms with Crippen LogP contribution in [0.2, 0.25) is 0 Å². The highest BCUT2D eigenvalue weighted by Gasteiger charge is 2.33. The molecule has 3 aromatic rings. The second-order valence-electron chi connectivity index (χ2n) is 7.83. The van der Waals surface area contributed by atoms with Crippen molar-refractivity contribution in [1.82, 2.24) is 4.57 Å². The van der Waals surface area contributed by atoms with E-state index in [9.17, 15) is 19.5 Å². The molecular weight excluding hydrogens is 464 g/mol. The maximum absolute atomic E-state index is 13.1. The van der Waals surface area contributed by atoms with Crippen LogP contribution in [-0.2, 0) is 17.8 Å². The van der Waals surface area contributed by atoms with Gasteiger partial charge in [-0.1, -0.05) is 23.5 Å².